The van der Waals surface area contributed by atoms with E-state index >= 15 is 0 Å². The van der Waals surface area contributed by atoms with Gasteiger partial charge in [-0.15, -0.1) is 11.8 Å². The normalized spacial score (nSPS) is 21.8. The number of hydrogen-bond acceptors (Lipinski definition) is 5. The molecule has 0 bridgehead atoms. The van der Waals surface area contributed by atoms with Gasteiger partial charge in [-0.25, -0.2) is 4.99 Å². The quantitative estimate of drug-likeness (QED) is 0.334. The maximum absolute atomic E-state index is 13.9. The number of amidine groups is 1. The van der Waals surface area contributed by atoms with Crippen molar-refractivity contribution in [2.24, 2.45) is 4.99 Å². The van der Waals surface area contributed by atoms with Crippen molar-refractivity contribution >= 4 is 51.7 Å². The number of aliphatic imine (C=N–C) groups is 1. The van der Waals surface area contributed by atoms with E-state index in [0.717, 1.165) is 33.4 Å². The lowest BCUT2D eigenvalue weighted by Crippen LogP contribution is -2.30. The summed E-state index contributed by atoms with van der Waals surface area (Å²) in [5.74, 6) is 1.42. The number of nitrogens with zero attached hydrogens (tertiary/aromatic N) is 3. The Hall–Kier alpha value is -2.96. The summed E-state index contributed by atoms with van der Waals surface area (Å²) in [6, 6.07) is 26.9. The number of hydrogen-bond donors (Lipinski definition) is 0. The lowest BCUT2D eigenvalue weighted by Gasteiger charge is -2.30. The molecule has 0 aromatic heterocycles. The maximum Gasteiger partial charge on any atom is 0.273 e. The minimum atomic E-state index is -0.00870. The largest absolute Gasteiger partial charge is 0.345 e. The number of para-hydroxylation sites is 2. The van der Waals surface area contributed by atoms with E-state index in [0.29, 0.717) is 11.1 Å². The van der Waals surface area contributed by atoms with Crippen molar-refractivity contribution in [2.45, 2.75) is 42.9 Å². The summed E-state index contributed by atoms with van der Waals surface area (Å²) >= 11 is 3.27. The molecule has 0 N–H and O–H groups in total. The van der Waals surface area contributed by atoms with Crippen molar-refractivity contribution in [1.82, 2.24) is 0 Å². The van der Waals surface area contributed by atoms with E-state index in [2.05, 4.69) is 54.4 Å². The zero-order chi connectivity index (χ0) is 24.5. The van der Waals surface area contributed by atoms with Crippen molar-refractivity contribution in [3.63, 3.8) is 0 Å². The fourth-order valence-electron chi connectivity index (χ4n) is 5.26. The highest BCUT2D eigenvalue weighted by Gasteiger charge is 2.38. The van der Waals surface area contributed by atoms with Gasteiger partial charge in [0, 0.05) is 23.4 Å². The van der Waals surface area contributed by atoms with Crippen LogP contribution in [0.25, 0.3) is 0 Å². The minimum absolute atomic E-state index is 0.00870. The van der Waals surface area contributed by atoms with Crippen LogP contribution in [0.3, 0.4) is 0 Å². The first-order valence-corrected chi connectivity index (χ1v) is 14.4. The van der Waals surface area contributed by atoms with Crippen LogP contribution in [0.2, 0.25) is 0 Å². The smallest absolute Gasteiger partial charge is 0.273 e. The topological polar surface area (TPSA) is 35.9 Å². The summed E-state index contributed by atoms with van der Waals surface area (Å²) in [6.45, 7) is 0. The third-order valence-electron chi connectivity index (χ3n) is 7.25. The van der Waals surface area contributed by atoms with Crippen LogP contribution in [0, 0.1) is 0 Å². The number of carbonyl (C=O) groups is 1. The molecule has 1 saturated heterocycles. The summed E-state index contributed by atoms with van der Waals surface area (Å²) in [5.41, 5.74) is 5.31. The number of anilines is 2. The lowest BCUT2D eigenvalue weighted by molar-refractivity contribution is -0.113. The monoisotopic (exact) mass is 511 g/mol. The van der Waals surface area contributed by atoms with Gasteiger partial charge in [-0.2, -0.15) is 0 Å². The Morgan fingerprint density at radius 3 is 2.36 bits per heavy atom. The van der Waals surface area contributed by atoms with Crippen LogP contribution in [-0.4, -0.2) is 23.9 Å². The third-order valence-corrected chi connectivity index (χ3v) is 9.39. The summed E-state index contributed by atoms with van der Waals surface area (Å²) < 4.78 is 0. The molecule has 2 fully saturated rings. The molecule has 6 heteroatoms. The fourth-order valence-corrected chi connectivity index (χ4v) is 7.63. The van der Waals surface area contributed by atoms with Crippen molar-refractivity contribution in [3.05, 3.63) is 95.0 Å². The van der Waals surface area contributed by atoms with Gasteiger partial charge in [0.15, 0.2) is 5.17 Å². The highest BCUT2D eigenvalue weighted by Crippen LogP contribution is 2.44. The van der Waals surface area contributed by atoms with Gasteiger partial charge in [0.2, 0.25) is 0 Å². The predicted molar refractivity (Wildman–Crippen MR) is 153 cm³/mol. The van der Waals surface area contributed by atoms with E-state index in [1.54, 1.807) is 16.7 Å². The molecule has 1 saturated carbocycles. The summed E-state index contributed by atoms with van der Waals surface area (Å²) in [4.78, 5) is 24.8. The molecule has 0 spiro atoms. The fraction of sp³-hybridized carbons (Fsp3) is 0.267. The number of fused-ring (bicyclic) bond motifs is 1. The van der Waals surface area contributed by atoms with Crippen molar-refractivity contribution in [1.29, 1.82) is 0 Å². The number of rotatable bonds is 3. The number of amides is 1. The zero-order valence-electron chi connectivity index (χ0n) is 20.4. The molecule has 4 nitrogen and oxygen atoms in total. The molecule has 1 amide bonds. The molecule has 0 radical (unpaired) electrons. The van der Waals surface area contributed by atoms with Crippen LogP contribution < -0.4 is 9.80 Å². The SMILES string of the molecule is CN1/C(=C2/SC(=Nc3ccc(C4CCCCC4)cc3)N(c3ccccc3)C2=O)CSc2ccccc21. The Labute approximate surface area is 221 Å². The molecular formula is C30H29N3OS2. The van der Waals surface area contributed by atoms with Crippen LogP contribution in [0.15, 0.2) is 99.4 Å². The summed E-state index contributed by atoms with van der Waals surface area (Å²) in [6.07, 6.45) is 6.58. The molecule has 3 aromatic carbocycles. The van der Waals surface area contributed by atoms with Crippen molar-refractivity contribution in [3.8, 4) is 0 Å². The van der Waals surface area contributed by atoms with E-state index < -0.39 is 0 Å². The second-order valence-corrected chi connectivity index (χ2v) is 11.5. The van der Waals surface area contributed by atoms with Gasteiger partial charge < -0.3 is 4.90 Å². The van der Waals surface area contributed by atoms with Crippen LogP contribution >= 0.6 is 23.5 Å². The van der Waals surface area contributed by atoms with Gasteiger partial charge in [-0.1, -0.05) is 61.7 Å². The molecule has 36 heavy (non-hydrogen) atoms. The highest BCUT2D eigenvalue weighted by atomic mass is 32.2. The van der Waals surface area contributed by atoms with E-state index in [1.807, 2.05) is 36.4 Å². The average Bonchev–Trinajstić information content (AvgIpc) is 3.25. The van der Waals surface area contributed by atoms with Gasteiger partial charge in [0.25, 0.3) is 5.91 Å². The standard InChI is InChI=1S/C30H29N3OS2/c1-32-25-14-8-9-15-27(25)35-20-26(32)28-29(34)33(24-12-6-3-7-13-24)30(36-28)31-23-18-16-22(17-19-23)21-10-4-2-5-11-21/h3,6-9,12-19,21H,2,4-5,10-11,20H2,1H3/b28-26+,31-30?. The second-order valence-electron chi connectivity index (χ2n) is 9.49. The molecule has 6 rings (SSSR count). The molecule has 3 aliphatic rings. The summed E-state index contributed by atoms with van der Waals surface area (Å²) in [5, 5.41) is 0.705. The van der Waals surface area contributed by atoms with E-state index in [4.69, 9.17) is 4.99 Å². The second kappa shape index (κ2) is 10.2. The Bertz CT molecular complexity index is 1330. The first-order valence-electron chi connectivity index (χ1n) is 12.6. The molecule has 0 unspecified atom stereocenters. The molecule has 1 aliphatic carbocycles. The minimum Gasteiger partial charge on any atom is -0.345 e. The first kappa shape index (κ1) is 23.4. The highest BCUT2D eigenvalue weighted by molar-refractivity contribution is 8.19. The van der Waals surface area contributed by atoms with Crippen LogP contribution in [-0.2, 0) is 4.79 Å². The number of carbonyl (C=O) groups excluding carboxylic acids is 1. The molecule has 0 atom stereocenters. The maximum atomic E-state index is 13.9. The van der Waals surface area contributed by atoms with Gasteiger partial charge in [0.1, 0.15) is 4.91 Å². The Kier molecular flexibility index (Phi) is 6.63. The van der Waals surface area contributed by atoms with Gasteiger partial charge in [-0.05, 0) is 72.5 Å². The number of thioether (sulfide) groups is 2. The zero-order valence-corrected chi connectivity index (χ0v) is 22.0. The number of benzene rings is 3. The molecule has 182 valence electrons. The molecule has 2 heterocycles. The summed E-state index contributed by atoms with van der Waals surface area (Å²) in [7, 11) is 2.06. The third kappa shape index (κ3) is 4.48. The van der Waals surface area contributed by atoms with Crippen molar-refractivity contribution in [2.75, 3.05) is 22.6 Å². The Morgan fingerprint density at radius 2 is 1.58 bits per heavy atom. The Morgan fingerprint density at radius 1 is 0.861 bits per heavy atom. The molecule has 3 aromatic rings. The average molecular weight is 512 g/mol. The van der Waals surface area contributed by atoms with E-state index in [-0.39, 0.29) is 5.91 Å². The first-order chi connectivity index (χ1) is 17.7. The van der Waals surface area contributed by atoms with E-state index in [1.165, 1.54) is 54.3 Å². The van der Waals surface area contributed by atoms with Gasteiger partial charge in [0.05, 0.1) is 17.1 Å². The lowest BCUT2D eigenvalue weighted by atomic mass is 9.84. The van der Waals surface area contributed by atoms with Gasteiger partial charge in [-0.3, -0.25) is 9.69 Å². The van der Waals surface area contributed by atoms with Crippen molar-refractivity contribution < 1.29 is 4.79 Å². The van der Waals surface area contributed by atoms with Crippen LogP contribution in [0.4, 0.5) is 17.1 Å². The van der Waals surface area contributed by atoms with Crippen LogP contribution in [0.1, 0.15) is 43.6 Å². The van der Waals surface area contributed by atoms with Crippen LogP contribution in [0.5, 0.6) is 0 Å². The predicted octanol–water partition coefficient (Wildman–Crippen LogP) is 7.96. The van der Waals surface area contributed by atoms with E-state index in [9.17, 15) is 4.79 Å². The van der Waals surface area contributed by atoms with Gasteiger partial charge >= 0.3 is 0 Å². The molecular weight excluding hydrogens is 482 g/mol. The Balaban J connectivity index is 1.36. The molecule has 2 aliphatic heterocycles.